The molecule has 1 aromatic carbocycles. The van der Waals surface area contributed by atoms with E-state index in [9.17, 15) is 4.79 Å². The third-order valence-electron chi connectivity index (χ3n) is 4.97. The molecule has 0 N–H and O–H groups in total. The number of halogens is 1. The van der Waals surface area contributed by atoms with Crippen LogP contribution in [0.15, 0.2) is 34.7 Å². The Morgan fingerprint density at radius 3 is 2.79 bits per heavy atom. The van der Waals surface area contributed by atoms with Crippen molar-refractivity contribution in [3.63, 3.8) is 0 Å². The molecule has 7 heteroatoms. The van der Waals surface area contributed by atoms with Crippen LogP contribution in [-0.4, -0.2) is 27.0 Å². The number of aryl methyl sites for hydroxylation is 2. The van der Waals surface area contributed by atoms with Crippen LogP contribution in [0.4, 0.5) is 0 Å². The van der Waals surface area contributed by atoms with E-state index >= 15 is 0 Å². The van der Waals surface area contributed by atoms with Gasteiger partial charge in [-0.25, -0.2) is 0 Å². The van der Waals surface area contributed by atoms with E-state index in [0.717, 1.165) is 17.7 Å². The molecular weight excluding hydrogens is 394 g/mol. The zero-order chi connectivity index (χ0) is 19.7. The van der Waals surface area contributed by atoms with Gasteiger partial charge in [-0.1, -0.05) is 23.7 Å². The molecule has 0 spiro atoms. The normalized spacial score (nSPS) is 13.6. The summed E-state index contributed by atoms with van der Waals surface area (Å²) in [5.74, 6) is 0.786. The summed E-state index contributed by atoms with van der Waals surface area (Å²) in [7, 11) is 0. The zero-order valence-electron chi connectivity index (χ0n) is 15.9. The van der Waals surface area contributed by atoms with Crippen molar-refractivity contribution in [2.24, 2.45) is 0 Å². The molecule has 28 heavy (non-hydrogen) atoms. The van der Waals surface area contributed by atoms with Gasteiger partial charge in [0.2, 0.25) is 11.8 Å². The molecule has 4 rings (SSSR count). The summed E-state index contributed by atoms with van der Waals surface area (Å²) in [6.45, 7) is 4.27. The van der Waals surface area contributed by atoms with Crippen molar-refractivity contribution in [1.82, 2.24) is 15.1 Å². The number of benzene rings is 1. The summed E-state index contributed by atoms with van der Waals surface area (Å²) in [4.78, 5) is 17.1. The fraction of sp³-hybridized carbons (Fsp3) is 0.381. The third kappa shape index (κ3) is 3.84. The molecule has 2 aromatic heterocycles. The van der Waals surface area contributed by atoms with Crippen LogP contribution in [0.3, 0.4) is 0 Å². The van der Waals surface area contributed by atoms with Gasteiger partial charge >= 0.3 is 0 Å². The Morgan fingerprint density at radius 1 is 1.25 bits per heavy atom. The fourth-order valence-electron chi connectivity index (χ4n) is 3.43. The van der Waals surface area contributed by atoms with Crippen LogP contribution in [0.5, 0.6) is 0 Å². The van der Waals surface area contributed by atoms with Gasteiger partial charge in [-0.3, -0.25) is 4.79 Å². The number of aromatic nitrogens is 2. The van der Waals surface area contributed by atoms with Crippen LogP contribution < -0.4 is 0 Å². The Morgan fingerprint density at radius 2 is 2.04 bits per heavy atom. The maximum absolute atomic E-state index is 13.2. The van der Waals surface area contributed by atoms with E-state index in [1.807, 2.05) is 32.0 Å². The van der Waals surface area contributed by atoms with Crippen LogP contribution in [0.25, 0.3) is 11.5 Å². The van der Waals surface area contributed by atoms with Gasteiger partial charge < -0.3 is 9.32 Å². The Bertz CT molecular complexity index is 972. The average Bonchev–Trinajstić information content (AvgIpc) is 3.32. The number of nitrogens with zero attached hydrogens (tertiary/aromatic N) is 3. The molecule has 0 bridgehead atoms. The Labute approximate surface area is 173 Å². The van der Waals surface area contributed by atoms with E-state index in [2.05, 4.69) is 16.3 Å². The highest BCUT2D eigenvalue weighted by Gasteiger charge is 2.25. The van der Waals surface area contributed by atoms with Crippen molar-refractivity contribution in [2.75, 3.05) is 0 Å². The van der Waals surface area contributed by atoms with Crippen LogP contribution in [0.2, 0.25) is 5.02 Å². The smallest absolute Gasteiger partial charge is 0.264 e. The second kappa shape index (κ2) is 8.05. The van der Waals surface area contributed by atoms with Gasteiger partial charge in [0.25, 0.3) is 5.91 Å². The molecule has 0 aliphatic heterocycles. The minimum absolute atomic E-state index is 0.0160. The van der Waals surface area contributed by atoms with Crippen LogP contribution in [0.1, 0.15) is 52.7 Å². The van der Waals surface area contributed by atoms with E-state index < -0.39 is 0 Å². The maximum Gasteiger partial charge on any atom is 0.264 e. The van der Waals surface area contributed by atoms with Crippen molar-refractivity contribution < 1.29 is 9.21 Å². The standard InChI is InChI=1S/C21H22ClN3O2S/c1-13(2)25(21(26)18-11-14-7-3-6-10-17(14)28-18)12-19-23-24-20(27-19)15-8-4-5-9-16(15)22/h4-5,8-9,11,13H,3,6-7,10,12H2,1-2H3. The van der Waals surface area contributed by atoms with E-state index in [4.69, 9.17) is 16.0 Å². The van der Waals surface area contributed by atoms with Crippen molar-refractivity contribution in [3.05, 3.63) is 56.6 Å². The molecule has 0 saturated heterocycles. The van der Waals surface area contributed by atoms with Gasteiger partial charge in [0.15, 0.2) is 0 Å². The van der Waals surface area contributed by atoms with Crippen LogP contribution >= 0.6 is 22.9 Å². The minimum atomic E-state index is 0.0160. The topological polar surface area (TPSA) is 59.2 Å². The van der Waals surface area contributed by atoms with Gasteiger partial charge in [0.1, 0.15) is 0 Å². The summed E-state index contributed by atoms with van der Waals surface area (Å²) < 4.78 is 5.80. The molecule has 0 atom stereocenters. The molecule has 3 aromatic rings. The Kier molecular flexibility index (Phi) is 5.51. The summed E-state index contributed by atoms with van der Waals surface area (Å²) in [6.07, 6.45) is 4.57. The lowest BCUT2D eigenvalue weighted by molar-refractivity contribution is 0.0677. The van der Waals surface area contributed by atoms with E-state index in [1.54, 1.807) is 22.3 Å². The molecular formula is C21H22ClN3O2S. The lowest BCUT2D eigenvalue weighted by atomic mass is 9.99. The molecule has 0 unspecified atom stereocenters. The molecule has 0 radical (unpaired) electrons. The van der Waals surface area contributed by atoms with E-state index in [0.29, 0.717) is 22.4 Å². The first-order chi connectivity index (χ1) is 13.5. The van der Waals surface area contributed by atoms with Crippen molar-refractivity contribution >= 4 is 28.8 Å². The number of hydrogen-bond donors (Lipinski definition) is 0. The number of carbonyl (C=O) groups excluding carboxylic acids is 1. The molecule has 146 valence electrons. The monoisotopic (exact) mass is 415 g/mol. The summed E-state index contributed by atoms with van der Waals surface area (Å²) in [5.41, 5.74) is 2.03. The number of amides is 1. The first kappa shape index (κ1) is 19.2. The molecule has 0 fully saturated rings. The first-order valence-electron chi connectivity index (χ1n) is 9.52. The van der Waals surface area contributed by atoms with Gasteiger partial charge in [-0.15, -0.1) is 21.5 Å². The molecule has 1 aliphatic carbocycles. The predicted octanol–water partition coefficient (Wildman–Crippen LogP) is 5.38. The second-order valence-corrected chi connectivity index (χ2v) is 8.82. The van der Waals surface area contributed by atoms with Crippen molar-refractivity contribution in [2.45, 2.75) is 52.1 Å². The Hall–Kier alpha value is -2.18. The van der Waals surface area contributed by atoms with E-state index in [-0.39, 0.29) is 18.5 Å². The quantitative estimate of drug-likeness (QED) is 0.561. The van der Waals surface area contributed by atoms with Gasteiger partial charge in [0, 0.05) is 10.9 Å². The number of carbonyl (C=O) groups is 1. The van der Waals surface area contributed by atoms with Crippen LogP contribution in [0, 0.1) is 0 Å². The van der Waals surface area contributed by atoms with Gasteiger partial charge in [-0.2, -0.15) is 0 Å². The third-order valence-corrected chi connectivity index (χ3v) is 6.52. The largest absolute Gasteiger partial charge is 0.419 e. The molecule has 1 amide bonds. The van der Waals surface area contributed by atoms with Crippen molar-refractivity contribution in [1.29, 1.82) is 0 Å². The lowest BCUT2D eigenvalue weighted by Gasteiger charge is -2.24. The number of rotatable bonds is 5. The SMILES string of the molecule is CC(C)N(Cc1nnc(-c2ccccc2Cl)o1)C(=O)c1cc2c(s1)CCCC2. The van der Waals surface area contributed by atoms with Crippen molar-refractivity contribution in [3.8, 4) is 11.5 Å². The molecule has 1 aliphatic rings. The highest BCUT2D eigenvalue weighted by Crippen LogP contribution is 2.31. The molecule has 0 saturated carbocycles. The summed E-state index contributed by atoms with van der Waals surface area (Å²) in [6, 6.07) is 9.42. The van der Waals surface area contributed by atoms with Gasteiger partial charge in [0.05, 0.1) is 22.0 Å². The summed E-state index contributed by atoms with van der Waals surface area (Å²) >= 11 is 7.84. The predicted molar refractivity (Wildman–Crippen MR) is 111 cm³/mol. The second-order valence-electron chi connectivity index (χ2n) is 7.27. The number of fused-ring (bicyclic) bond motifs is 1. The maximum atomic E-state index is 13.2. The Balaban J connectivity index is 1.55. The summed E-state index contributed by atoms with van der Waals surface area (Å²) in [5, 5.41) is 8.79. The highest BCUT2D eigenvalue weighted by molar-refractivity contribution is 7.14. The average molecular weight is 416 g/mol. The lowest BCUT2D eigenvalue weighted by Crippen LogP contribution is -2.36. The van der Waals surface area contributed by atoms with Gasteiger partial charge in [-0.05, 0) is 63.3 Å². The van der Waals surface area contributed by atoms with E-state index in [1.165, 1.54) is 23.3 Å². The first-order valence-corrected chi connectivity index (χ1v) is 10.7. The minimum Gasteiger partial charge on any atom is -0.419 e. The molecule has 5 nitrogen and oxygen atoms in total. The molecule has 2 heterocycles. The highest BCUT2D eigenvalue weighted by atomic mass is 35.5. The number of hydrogen-bond acceptors (Lipinski definition) is 5. The van der Waals surface area contributed by atoms with Crippen LogP contribution in [-0.2, 0) is 19.4 Å². The zero-order valence-corrected chi connectivity index (χ0v) is 17.5. The fourth-order valence-corrected chi connectivity index (χ4v) is 4.86. The number of thiophene rings is 1.